The van der Waals surface area contributed by atoms with Crippen molar-refractivity contribution in [2.45, 2.75) is 12.8 Å². The molecular formula is C51H35N3S. The summed E-state index contributed by atoms with van der Waals surface area (Å²) in [5.41, 5.74) is 11.7. The van der Waals surface area contributed by atoms with Crippen LogP contribution in [0.3, 0.4) is 0 Å². The molecule has 0 amide bonds. The van der Waals surface area contributed by atoms with Crippen molar-refractivity contribution in [3.63, 3.8) is 0 Å². The predicted octanol–water partition coefficient (Wildman–Crippen LogP) is 14.6. The molecular weight excluding hydrogens is 687 g/mol. The molecule has 8 aromatic carbocycles. The Morgan fingerprint density at radius 1 is 0.527 bits per heavy atom. The lowest BCUT2D eigenvalue weighted by molar-refractivity contribution is 1.05. The van der Waals surface area contributed by atoms with Gasteiger partial charge in [0, 0.05) is 44.0 Å². The van der Waals surface area contributed by atoms with Crippen molar-refractivity contribution < 1.29 is 0 Å². The van der Waals surface area contributed by atoms with E-state index in [1.54, 1.807) is 11.3 Å². The number of allylic oxidation sites excluding steroid dienone is 4. The van der Waals surface area contributed by atoms with E-state index in [9.17, 15) is 0 Å². The lowest BCUT2D eigenvalue weighted by Crippen LogP contribution is -2.12. The van der Waals surface area contributed by atoms with Gasteiger partial charge in [0.05, 0.1) is 32.6 Å². The minimum absolute atomic E-state index is 1.04. The van der Waals surface area contributed by atoms with E-state index in [-0.39, 0.29) is 0 Å². The average Bonchev–Trinajstić information content (AvgIpc) is 3.85. The van der Waals surface area contributed by atoms with Crippen LogP contribution in [0.4, 0.5) is 17.1 Å². The van der Waals surface area contributed by atoms with Gasteiger partial charge in [0.25, 0.3) is 0 Å². The van der Waals surface area contributed by atoms with Crippen molar-refractivity contribution >= 4 is 87.5 Å². The first kappa shape index (κ1) is 31.7. The van der Waals surface area contributed by atoms with E-state index in [1.807, 2.05) is 0 Å². The molecule has 0 atom stereocenters. The Kier molecular flexibility index (Phi) is 7.49. The van der Waals surface area contributed by atoms with Gasteiger partial charge in [0.15, 0.2) is 0 Å². The molecule has 0 bridgehead atoms. The van der Waals surface area contributed by atoms with Crippen LogP contribution in [-0.4, -0.2) is 9.55 Å². The highest BCUT2D eigenvalue weighted by Gasteiger charge is 2.23. The largest absolute Gasteiger partial charge is 0.309 e. The molecule has 3 nitrogen and oxygen atoms in total. The van der Waals surface area contributed by atoms with Gasteiger partial charge in [-0.2, -0.15) is 0 Å². The number of hydrogen-bond acceptors (Lipinski definition) is 3. The zero-order valence-corrected chi connectivity index (χ0v) is 30.9. The predicted molar refractivity (Wildman–Crippen MR) is 235 cm³/mol. The van der Waals surface area contributed by atoms with Crippen molar-refractivity contribution in [1.29, 1.82) is 0 Å². The van der Waals surface area contributed by atoms with E-state index in [0.717, 1.165) is 46.1 Å². The summed E-state index contributed by atoms with van der Waals surface area (Å²) in [7, 11) is 0. The Bertz CT molecular complexity index is 3150. The quantitative estimate of drug-likeness (QED) is 0.159. The van der Waals surface area contributed by atoms with Gasteiger partial charge in [-0.1, -0.05) is 140 Å². The molecule has 0 spiro atoms. The summed E-state index contributed by atoms with van der Waals surface area (Å²) in [4.78, 5) is 7.69. The monoisotopic (exact) mass is 721 g/mol. The second-order valence-corrected chi connectivity index (χ2v) is 15.2. The number of benzene rings is 8. The van der Waals surface area contributed by atoms with Crippen LogP contribution in [0, 0.1) is 0 Å². The summed E-state index contributed by atoms with van der Waals surface area (Å²) in [6, 6.07) is 61.8. The van der Waals surface area contributed by atoms with Crippen LogP contribution in [0.25, 0.3) is 76.0 Å². The van der Waals surface area contributed by atoms with Crippen molar-refractivity contribution in [1.82, 2.24) is 9.55 Å². The van der Waals surface area contributed by atoms with E-state index in [2.05, 4.69) is 198 Å². The third kappa shape index (κ3) is 5.14. The molecule has 2 aromatic heterocycles. The molecule has 4 heteroatoms. The number of nitrogens with zero attached hydrogens (tertiary/aromatic N) is 3. The fraction of sp³-hybridized carbons (Fsp3) is 0.0392. The van der Waals surface area contributed by atoms with E-state index in [4.69, 9.17) is 4.98 Å². The van der Waals surface area contributed by atoms with Gasteiger partial charge in [-0.05, 0) is 77.7 Å². The highest BCUT2D eigenvalue weighted by Crippen LogP contribution is 2.47. The smallest absolute Gasteiger partial charge is 0.120 e. The zero-order valence-electron chi connectivity index (χ0n) is 30.1. The molecule has 55 heavy (non-hydrogen) atoms. The van der Waals surface area contributed by atoms with Gasteiger partial charge in [0.1, 0.15) is 5.01 Å². The van der Waals surface area contributed by atoms with Gasteiger partial charge >= 0.3 is 0 Å². The van der Waals surface area contributed by atoms with Crippen molar-refractivity contribution in [2.75, 3.05) is 4.90 Å². The standard InChI is InChI=1S/C51H35N3S/c1-4-16-34(17-5-1)51-52-49-42-31-30-41-37(38(42)32-33-48(49)55-51)24-15-29-46(41)53(35-18-6-2-7-19-35)45-27-12-10-22-39(45)43-25-14-26-44-40-23-11-13-28-47(40)54(50(43)44)36-20-8-3-9-21-36/h1-4,6-16,18-33H,5,17H2. The number of hydrogen-bond donors (Lipinski definition) is 0. The fourth-order valence-electron chi connectivity index (χ4n) is 8.62. The Morgan fingerprint density at radius 3 is 2.07 bits per heavy atom. The van der Waals surface area contributed by atoms with Crippen molar-refractivity contribution in [3.8, 4) is 16.8 Å². The summed E-state index contributed by atoms with van der Waals surface area (Å²) < 4.78 is 3.66. The first-order chi connectivity index (χ1) is 27.3. The van der Waals surface area contributed by atoms with Crippen LogP contribution in [0.15, 0.2) is 188 Å². The van der Waals surface area contributed by atoms with Gasteiger partial charge in [0.2, 0.25) is 0 Å². The maximum Gasteiger partial charge on any atom is 0.120 e. The summed E-state index contributed by atoms with van der Waals surface area (Å²) in [6.45, 7) is 0. The van der Waals surface area contributed by atoms with Crippen LogP contribution in [0.2, 0.25) is 0 Å². The fourth-order valence-corrected chi connectivity index (χ4v) is 9.66. The summed E-state index contributed by atoms with van der Waals surface area (Å²) in [6.07, 6.45) is 8.74. The Balaban J connectivity index is 1.15. The number of para-hydroxylation sites is 5. The van der Waals surface area contributed by atoms with Crippen LogP contribution in [0.1, 0.15) is 17.8 Å². The topological polar surface area (TPSA) is 21.1 Å². The third-order valence-corrected chi connectivity index (χ3v) is 12.2. The summed E-state index contributed by atoms with van der Waals surface area (Å²) in [5.74, 6) is 0. The van der Waals surface area contributed by atoms with Crippen LogP contribution >= 0.6 is 11.3 Å². The highest BCUT2D eigenvalue weighted by molar-refractivity contribution is 7.19. The lowest BCUT2D eigenvalue weighted by atomic mass is 9.97. The summed E-state index contributed by atoms with van der Waals surface area (Å²) >= 11 is 1.80. The second kappa shape index (κ2) is 13.0. The zero-order chi connectivity index (χ0) is 36.3. The molecule has 0 saturated carbocycles. The minimum atomic E-state index is 1.04. The molecule has 0 aliphatic heterocycles. The van der Waals surface area contributed by atoms with Gasteiger partial charge < -0.3 is 9.47 Å². The van der Waals surface area contributed by atoms with Crippen LogP contribution in [-0.2, 0) is 0 Å². The van der Waals surface area contributed by atoms with E-state index >= 15 is 0 Å². The van der Waals surface area contributed by atoms with Crippen LogP contribution in [0.5, 0.6) is 0 Å². The Morgan fingerprint density at radius 2 is 1.20 bits per heavy atom. The SMILES string of the molecule is C1=CCCC(c2nc3c(ccc4c5cccc(N(c6ccccc6)c6ccccc6-c6cccc7c8ccccc8n(-c8ccccc8)c67)c5ccc43)s2)=C1. The number of aromatic nitrogens is 2. The molecule has 10 aromatic rings. The van der Waals surface area contributed by atoms with Crippen LogP contribution < -0.4 is 4.90 Å². The van der Waals surface area contributed by atoms with Crippen molar-refractivity contribution in [2.24, 2.45) is 0 Å². The van der Waals surface area contributed by atoms with E-state index in [1.165, 1.54) is 64.8 Å². The molecule has 0 fully saturated rings. The first-order valence-electron chi connectivity index (χ1n) is 18.9. The highest BCUT2D eigenvalue weighted by atomic mass is 32.1. The average molecular weight is 722 g/mol. The number of rotatable bonds is 6. The number of fused-ring (bicyclic) bond motifs is 8. The van der Waals surface area contributed by atoms with E-state index < -0.39 is 0 Å². The molecule has 0 N–H and O–H groups in total. The normalized spacial score (nSPS) is 13.0. The van der Waals surface area contributed by atoms with E-state index in [0.29, 0.717) is 0 Å². The second-order valence-electron chi connectivity index (χ2n) is 14.2. The number of thiazole rings is 1. The molecule has 1 aliphatic carbocycles. The van der Waals surface area contributed by atoms with Gasteiger partial charge in [-0.25, -0.2) is 4.98 Å². The Labute approximate surface area is 323 Å². The first-order valence-corrected chi connectivity index (χ1v) is 19.8. The molecule has 0 radical (unpaired) electrons. The summed E-state index contributed by atoms with van der Waals surface area (Å²) in [5, 5.41) is 8.45. The molecule has 2 heterocycles. The van der Waals surface area contributed by atoms with Gasteiger partial charge in [-0.3, -0.25) is 0 Å². The lowest BCUT2D eigenvalue weighted by Gasteiger charge is -2.29. The maximum atomic E-state index is 5.24. The van der Waals surface area contributed by atoms with Gasteiger partial charge in [-0.15, -0.1) is 11.3 Å². The maximum absolute atomic E-state index is 5.24. The molecule has 0 saturated heterocycles. The molecule has 260 valence electrons. The molecule has 1 aliphatic rings. The Hall–Kier alpha value is -6.75. The number of anilines is 3. The molecule has 11 rings (SSSR count). The minimum Gasteiger partial charge on any atom is -0.309 e. The molecule has 0 unspecified atom stereocenters. The third-order valence-electron chi connectivity index (χ3n) is 11.1. The van der Waals surface area contributed by atoms with Crippen molar-refractivity contribution in [3.05, 3.63) is 193 Å².